The first-order valence-electron chi connectivity index (χ1n) is 15.2. The molecule has 1 fully saturated rings. The van der Waals surface area contributed by atoms with E-state index in [0.29, 0.717) is 37.3 Å². The normalized spacial score (nSPS) is 17.4. The standard InChI is InChI=1S/C33H43ClN6O3Si/c1-33(2,3)30-27(12-14-40(30)32(41)42)29-21-38(22-43-15-16-44(4,5)6)31(37-29)28-17-24(11-13-35-28)25-18-36-39(20-25)19-23-7-9-26(34)10-8-23/h7-11,13,17-18,20-21,27,30H,12,14-16,19,22H2,1-6H3,(H,41,42). The third kappa shape index (κ3) is 7.59. The van der Waals surface area contributed by atoms with E-state index in [1.54, 1.807) is 11.1 Å². The largest absolute Gasteiger partial charge is 0.465 e. The molecule has 234 valence electrons. The highest BCUT2D eigenvalue weighted by molar-refractivity contribution is 6.76. The van der Waals surface area contributed by atoms with Crippen LogP contribution in [-0.2, 0) is 18.0 Å². The zero-order chi connectivity index (χ0) is 31.6. The Hall–Kier alpha value is -3.47. The molecule has 1 aromatic carbocycles. The van der Waals surface area contributed by atoms with E-state index < -0.39 is 14.2 Å². The number of benzene rings is 1. The molecule has 0 aliphatic carbocycles. The van der Waals surface area contributed by atoms with Gasteiger partial charge in [-0.2, -0.15) is 5.10 Å². The van der Waals surface area contributed by atoms with Gasteiger partial charge >= 0.3 is 6.09 Å². The SMILES string of the molecule is CC(C)(C)C1C(c2cn(COCC[Si](C)(C)C)c(-c3cc(-c4cnn(Cc5ccc(Cl)cc5)c4)ccn3)n2)CCN1C(=O)O. The summed E-state index contributed by atoms with van der Waals surface area (Å²) in [5.41, 5.74) is 4.44. The highest BCUT2D eigenvalue weighted by atomic mass is 35.5. The minimum Gasteiger partial charge on any atom is -0.465 e. The second-order valence-corrected chi connectivity index (χ2v) is 20.0. The summed E-state index contributed by atoms with van der Waals surface area (Å²) in [5, 5.41) is 15.2. The Bertz CT molecular complexity index is 1590. The molecule has 0 saturated carbocycles. The Labute approximate surface area is 265 Å². The number of rotatable bonds is 10. The van der Waals surface area contributed by atoms with Crippen LogP contribution in [0.3, 0.4) is 0 Å². The van der Waals surface area contributed by atoms with Gasteiger partial charge in [-0.3, -0.25) is 9.67 Å². The third-order valence-corrected chi connectivity index (χ3v) is 10.1. The predicted octanol–water partition coefficient (Wildman–Crippen LogP) is 7.70. The van der Waals surface area contributed by atoms with Crippen molar-refractivity contribution < 1.29 is 14.6 Å². The van der Waals surface area contributed by atoms with Crippen molar-refractivity contribution in [2.45, 2.75) is 78.1 Å². The van der Waals surface area contributed by atoms with Crippen LogP contribution < -0.4 is 0 Å². The van der Waals surface area contributed by atoms with E-state index in [0.717, 1.165) is 40.5 Å². The van der Waals surface area contributed by atoms with Gasteiger partial charge in [0.15, 0.2) is 5.82 Å². The first-order valence-corrected chi connectivity index (χ1v) is 19.2. The summed E-state index contributed by atoms with van der Waals surface area (Å²) in [5.74, 6) is 0.687. The molecule has 4 heterocycles. The smallest absolute Gasteiger partial charge is 0.407 e. The van der Waals surface area contributed by atoms with Crippen LogP contribution in [0.15, 0.2) is 61.2 Å². The lowest BCUT2D eigenvalue weighted by Crippen LogP contribution is -2.44. The number of hydrogen-bond donors (Lipinski definition) is 1. The quantitative estimate of drug-likeness (QED) is 0.142. The van der Waals surface area contributed by atoms with Crippen molar-refractivity contribution in [1.82, 2.24) is 29.2 Å². The summed E-state index contributed by atoms with van der Waals surface area (Å²) in [6, 6.07) is 12.7. The van der Waals surface area contributed by atoms with Gasteiger partial charge in [-0.15, -0.1) is 0 Å². The molecule has 11 heteroatoms. The van der Waals surface area contributed by atoms with Gasteiger partial charge in [0.1, 0.15) is 12.4 Å². The van der Waals surface area contributed by atoms with Gasteiger partial charge in [-0.05, 0) is 53.3 Å². The number of carbonyl (C=O) groups is 1. The Kier molecular flexibility index (Phi) is 9.34. The Morgan fingerprint density at radius 3 is 2.55 bits per heavy atom. The Morgan fingerprint density at radius 1 is 1.11 bits per heavy atom. The van der Waals surface area contributed by atoms with E-state index >= 15 is 0 Å². The van der Waals surface area contributed by atoms with Gasteiger partial charge in [0.05, 0.1) is 18.4 Å². The summed E-state index contributed by atoms with van der Waals surface area (Å²) >= 11 is 6.05. The van der Waals surface area contributed by atoms with Gasteiger partial charge < -0.3 is 19.3 Å². The van der Waals surface area contributed by atoms with Crippen LogP contribution in [0.4, 0.5) is 4.79 Å². The molecule has 0 radical (unpaired) electrons. The lowest BCUT2D eigenvalue weighted by atomic mass is 9.78. The van der Waals surface area contributed by atoms with Gasteiger partial charge in [0.25, 0.3) is 0 Å². The molecule has 5 rings (SSSR count). The van der Waals surface area contributed by atoms with Crippen LogP contribution >= 0.6 is 11.6 Å². The third-order valence-electron chi connectivity index (χ3n) is 8.15. The summed E-state index contributed by atoms with van der Waals surface area (Å²) in [6.45, 7) is 15.5. The number of ether oxygens (including phenoxy) is 1. The average Bonchev–Trinajstić information content (AvgIpc) is 3.70. The maximum absolute atomic E-state index is 12.1. The van der Waals surface area contributed by atoms with Gasteiger partial charge in [-0.1, -0.05) is 64.1 Å². The molecule has 2 atom stereocenters. The van der Waals surface area contributed by atoms with Crippen LogP contribution in [0, 0.1) is 5.41 Å². The minimum atomic E-state index is -1.25. The summed E-state index contributed by atoms with van der Waals surface area (Å²) in [6.07, 6.45) is 7.56. The number of carboxylic acid groups (broad SMARTS) is 1. The van der Waals surface area contributed by atoms with Crippen molar-refractivity contribution in [3.63, 3.8) is 0 Å². The first-order chi connectivity index (χ1) is 20.8. The van der Waals surface area contributed by atoms with Crippen LogP contribution in [0.2, 0.25) is 30.7 Å². The van der Waals surface area contributed by atoms with E-state index in [9.17, 15) is 9.90 Å². The molecule has 1 amide bonds. The molecule has 1 aliphatic rings. The number of nitrogens with zero attached hydrogens (tertiary/aromatic N) is 6. The molecule has 0 bridgehead atoms. The monoisotopic (exact) mass is 634 g/mol. The van der Waals surface area contributed by atoms with Gasteiger partial charge in [0, 0.05) is 62.4 Å². The number of likely N-dealkylation sites (tertiary alicyclic amines) is 1. The fraction of sp³-hybridized carbons (Fsp3) is 0.455. The number of imidazole rings is 1. The molecule has 4 aromatic rings. The zero-order valence-corrected chi connectivity index (χ0v) is 28.3. The number of hydrogen-bond acceptors (Lipinski definition) is 5. The molecular weight excluding hydrogens is 592 g/mol. The average molecular weight is 635 g/mol. The van der Waals surface area contributed by atoms with Crippen LogP contribution in [0.25, 0.3) is 22.6 Å². The fourth-order valence-corrected chi connectivity index (χ4v) is 6.84. The van der Waals surface area contributed by atoms with Crippen molar-refractivity contribution in [2.24, 2.45) is 5.41 Å². The summed E-state index contributed by atoms with van der Waals surface area (Å²) in [4.78, 5) is 23.6. The molecule has 1 saturated heterocycles. The highest BCUT2D eigenvalue weighted by Crippen LogP contribution is 2.43. The number of amides is 1. The first kappa shape index (κ1) is 31.9. The molecular formula is C33H43ClN6O3Si. The summed E-state index contributed by atoms with van der Waals surface area (Å²) < 4.78 is 10.1. The molecule has 9 nitrogen and oxygen atoms in total. The number of halogens is 1. The van der Waals surface area contributed by atoms with E-state index in [2.05, 4.69) is 45.5 Å². The van der Waals surface area contributed by atoms with Gasteiger partial charge in [0.2, 0.25) is 0 Å². The second kappa shape index (κ2) is 12.9. The fourth-order valence-electron chi connectivity index (χ4n) is 5.95. The Balaban J connectivity index is 1.45. The van der Waals surface area contributed by atoms with Crippen molar-refractivity contribution in [3.05, 3.63) is 77.5 Å². The molecule has 44 heavy (non-hydrogen) atoms. The topological polar surface area (TPSA) is 98.3 Å². The van der Waals surface area contributed by atoms with E-state index in [1.807, 2.05) is 64.2 Å². The van der Waals surface area contributed by atoms with Gasteiger partial charge in [-0.25, -0.2) is 9.78 Å². The molecule has 1 N–H and O–H groups in total. The maximum atomic E-state index is 12.1. The van der Waals surface area contributed by atoms with Crippen molar-refractivity contribution in [1.29, 1.82) is 0 Å². The Morgan fingerprint density at radius 2 is 1.86 bits per heavy atom. The number of aromatic nitrogens is 5. The zero-order valence-electron chi connectivity index (χ0n) is 26.5. The van der Waals surface area contributed by atoms with Crippen LogP contribution in [0.1, 0.15) is 44.4 Å². The lowest BCUT2D eigenvalue weighted by Gasteiger charge is -2.36. The van der Waals surface area contributed by atoms with E-state index in [-0.39, 0.29) is 17.4 Å². The minimum absolute atomic E-state index is 0.0256. The number of pyridine rings is 1. The predicted molar refractivity (Wildman–Crippen MR) is 177 cm³/mol. The van der Waals surface area contributed by atoms with E-state index in [1.165, 1.54) is 0 Å². The molecule has 3 aromatic heterocycles. The maximum Gasteiger partial charge on any atom is 0.407 e. The highest BCUT2D eigenvalue weighted by Gasteiger charge is 2.45. The van der Waals surface area contributed by atoms with Crippen LogP contribution in [0.5, 0.6) is 0 Å². The van der Waals surface area contributed by atoms with Crippen LogP contribution in [-0.4, -0.2) is 67.7 Å². The second-order valence-electron chi connectivity index (χ2n) is 14.0. The summed E-state index contributed by atoms with van der Waals surface area (Å²) in [7, 11) is -1.25. The van der Waals surface area contributed by atoms with Crippen molar-refractivity contribution in [2.75, 3.05) is 13.2 Å². The van der Waals surface area contributed by atoms with Crippen molar-refractivity contribution in [3.8, 4) is 22.6 Å². The lowest BCUT2D eigenvalue weighted by molar-refractivity contribution is 0.0878. The molecule has 1 aliphatic heterocycles. The molecule has 2 unspecified atom stereocenters. The molecule has 0 spiro atoms. The van der Waals surface area contributed by atoms with Crippen molar-refractivity contribution >= 4 is 25.8 Å². The van der Waals surface area contributed by atoms with E-state index in [4.69, 9.17) is 26.3 Å².